The maximum Gasteiger partial charge on any atom is 0.355 e. The number of fused-ring (bicyclic) bond motifs is 1. The molecular weight excluding hydrogens is 320 g/mol. The summed E-state index contributed by atoms with van der Waals surface area (Å²) >= 11 is 0. The Balaban J connectivity index is 1.91. The predicted octanol–water partition coefficient (Wildman–Crippen LogP) is 1.85. The van der Waals surface area contributed by atoms with E-state index >= 15 is 0 Å². The Morgan fingerprint density at radius 3 is 2.40 bits per heavy atom. The predicted molar refractivity (Wildman–Crippen MR) is 93.4 cm³/mol. The van der Waals surface area contributed by atoms with E-state index in [0.29, 0.717) is 17.1 Å². The van der Waals surface area contributed by atoms with Crippen LogP contribution in [0.3, 0.4) is 0 Å². The average Bonchev–Trinajstić information content (AvgIpc) is 3.00. The van der Waals surface area contributed by atoms with Crippen molar-refractivity contribution in [2.75, 3.05) is 7.11 Å². The van der Waals surface area contributed by atoms with E-state index in [0.717, 1.165) is 5.56 Å². The smallest absolute Gasteiger partial charge is 0.355 e. The molecule has 25 heavy (non-hydrogen) atoms. The van der Waals surface area contributed by atoms with Gasteiger partial charge in [-0.2, -0.15) is 4.68 Å². The van der Waals surface area contributed by atoms with Crippen molar-refractivity contribution in [2.24, 2.45) is 0 Å². The highest BCUT2D eigenvalue weighted by Gasteiger charge is 2.13. The molecule has 2 heterocycles. The van der Waals surface area contributed by atoms with Crippen molar-refractivity contribution in [2.45, 2.75) is 0 Å². The van der Waals surface area contributed by atoms with Gasteiger partial charge >= 0.3 is 5.69 Å². The third-order valence-electron chi connectivity index (χ3n) is 3.92. The SMILES string of the molecule is COc1ccc(-c2cn3c(=O)n(-c4ccccc4)nc3c(=O)[nH]2)cc1. The second-order valence-electron chi connectivity index (χ2n) is 5.45. The van der Waals surface area contributed by atoms with E-state index in [1.807, 2.05) is 18.2 Å². The Morgan fingerprint density at radius 1 is 1.00 bits per heavy atom. The minimum absolute atomic E-state index is 0.0473. The first kappa shape index (κ1) is 14.9. The van der Waals surface area contributed by atoms with Crippen molar-refractivity contribution >= 4 is 5.65 Å². The molecule has 0 bridgehead atoms. The molecule has 0 aliphatic rings. The Bertz CT molecular complexity index is 1160. The fourth-order valence-electron chi connectivity index (χ4n) is 2.64. The molecule has 0 aliphatic heterocycles. The number of hydrogen-bond donors (Lipinski definition) is 1. The monoisotopic (exact) mass is 334 g/mol. The summed E-state index contributed by atoms with van der Waals surface area (Å²) in [6.45, 7) is 0. The molecule has 0 amide bonds. The summed E-state index contributed by atoms with van der Waals surface area (Å²) in [5, 5.41) is 4.15. The van der Waals surface area contributed by atoms with Crippen LogP contribution >= 0.6 is 0 Å². The molecule has 2 aromatic heterocycles. The molecule has 124 valence electrons. The highest BCUT2D eigenvalue weighted by atomic mass is 16.5. The van der Waals surface area contributed by atoms with Gasteiger partial charge < -0.3 is 9.72 Å². The summed E-state index contributed by atoms with van der Waals surface area (Å²) in [6.07, 6.45) is 1.58. The largest absolute Gasteiger partial charge is 0.497 e. The van der Waals surface area contributed by atoms with Crippen LogP contribution in [-0.2, 0) is 0 Å². The molecule has 7 heteroatoms. The number of methoxy groups -OCH3 is 1. The maximum atomic E-state index is 12.7. The number of aromatic nitrogens is 4. The van der Waals surface area contributed by atoms with Crippen LogP contribution in [-0.4, -0.2) is 26.3 Å². The highest BCUT2D eigenvalue weighted by molar-refractivity contribution is 5.60. The van der Waals surface area contributed by atoms with Crippen LogP contribution in [0.1, 0.15) is 0 Å². The van der Waals surface area contributed by atoms with Crippen molar-refractivity contribution in [1.29, 1.82) is 0 Å². The van der Waals surface area contributed by atoms with Crippen LogP contribution in [0, 0.1) is 0 Å². The fourth-order valence-corrected chi connectivity index (χ4v) is 2.64. The number of aromatic amines is 1. The topological polar surface area (TPSA) is 81.4 Å². The lowest BCUT2D eigenvalue weighted by molar-refractivity contribution is 0.415. The maximum absolute atomic E-state index is 12.7. The van der Waals surface area contributed by atoms with Crippen molar-refractivity contribution in [3.05, 3.63) is 81.6 Å². The van der Waals surface area contributed by atoms with E-state index in [2.05, 4.69) is 10.1 Å². The molecule has 2 aromatic carbocycles. The quantitative estimate of drug-likeness (QED) is 0.620. The number of benzene rings is 2. The van der Waals surface area contributed by atoms with E-state index in [-0.39, 0.29) is 5.65 Å². The molecule has 0 unspecified atom stereocenters. The summed E-state index contributed by atoms with van der Waals surface area (Å²) < 4.78 is 7.60. The molecule has 0 atom stereocenters. The Labute approximate surface area is 141 Å². The van der Waals surface area contributed by atoms with Gasteiger partial charge in [-0.15, -0.1) is 5.10 Å². The molecule has 0 spiro atoms. The molecule has 4 rings (SSSR count). The number of nitrogens with one attached hydrogen (secondary N) is 1. The molecular formula is C18H14N4O3. The molecule has 7 nitrogen and oxygen atoms in total. The zero-order valence-electron chi connectivity index (χ0n) is 13.3. The molecule has 0 saturated heterocycles. The van der Waals surface area contributed by atoms with Gasteiger partial charge in [0.15, 0.2) is 0 Å². The molecule has 0 saturated carbocycles. The van der Waals surface area contributed by atoms with E-state index in [9.17, 15) is 9.59 Å². The average molecular weight is 334 g/mol. The second kappa shape index (κ2) is 5.79. The molecule has 0 radical (unpaired) electrons. The summed E-state index contributed by atoms with van der Waals surface area (Å²) in [4.78, 5) is 27.8. The van der Waals surface area contributed by atoms with Gasteiger partial charge in [0.2, 0.25) is 5.65 Å². The molecule has 0 fully saturated rings. The lowest BCUT2D eigenvalue weighted by atomic mass is 10.1. The minimum Gasteiger partial charge on any atom is -0.497 e. The first-order valence-corrected chi connectivity index (χ1v) is 7.62. The van der Waals surface area contributed by atoms with Crippen LogP contribution in [0.4, 0.5) is 0 Å². The van der Waals surface area contributed by atoms with Crippen LogP contribution in [0.15, 0.2) is 70.4 Å². The minimum atomic E-state index is -0.430. The van der Waals surface area contributed by atoms with Crippen molar-refractivity contribution in [3.63, 3.8) is 0 Å². The Hall–Kier alpha value is -3.61. The third-order valence-corrected chi connectivity index (χ3v) is 3.92. The Kier molecular flexibility index (Phi) is 3.46. The summed E-state index contributed by atoms with van der Waals surface area (Å²) in [6, 6.07) is 16.2. The van der Waals surface area contributed by atoms with Crippen LogP contribution in [0.25, 0.3) is 22.6 Å². The summed E-state index contributed by atoms with van der Waals surface area (Å²) in [7, 11) is 1.58. The number of hydrogen-bond acceptors (Lipinski definition) is 4. The fraction of sp³-hybridized carbons (Fsp3) is 0.0556. The number of rotatable bonds is 3. The van der Waals surface area contributed by atoms with E-state index < -0.39 is 11.2 Å². The standard InChI is InChI=1S/C18H14N4O3/c1-25-14-9-7-12(8-10-14)15-11-21-16(17(23)19-15)20-22(18(21)24)13-5-3-2-4-6-13/h2-11H,1H3,(H,19,23). The lowest BCUT2D eigenvalue weighted by Crippen LogP contribution is -2.21. The number of H-pyrrole nitrogens is 1. The number of nitrogens with zero attached hydrogens (tertiary/aromatic N) is 3. The zero-order chi connectivity index (χ0) is 17.4. The van der Waals surface area contributed by atoms with Gasteiger partial charge in [-0.25, -0.2) is 9.20 Å². The van der Waals surface area contributed by atoms with Crippen LogP contribution in [0.5, 0.6) is 5.75 Å². The molecule has 0 aliphatic carbocycles. The number of ether oxygens (including phenoxy) is 1. The van der Waals surface area contributed by atoms with Crippen molar-refractivity contribution in [3.8, 4) is 22.7 Å². The van der Waals surface area contributed by atoms with E-state index in [1.165, 1.54) is 9.08 Å². The lowest BCUT2D eigenvalue weighted by Gasteiger charge is -2.03. The summed E-state index contributed by atoms with van der Waals surface area (Å²) in [5.74, 6) is 0.709. The van der Waals surface area contributed by atoms with E-state index in [4.69, 9.17) is 4.74 Å². The highest BCUT2D eigenvalue weighted by Crippen LogP contribution is 2.19. The van der Waals surface area contributed by atoms with E-state index in [1.54, 1.807) is 49.7 Å². The van der Waals surface area contributed by atoms with Gasteiger partial charge in [0.1, 0.15) is 5.75 Å². The first-order valence-electron chi connectivity index (χ1n) is 7.62. The number of para-hydroxylation sites is 1. The van der Waals surface area contributed by atoms with Gasteiger partial charge in [-0.1, -0.05) is 18.2 Å². The normalized spacial score (nSPS) is 10.9. The van der Waals surface area contributed by atoms with Gasteiger partial charge in [-0.05, 0) is 42.0 Å². The molecule has 4 aromatic rings. The Morgan fingerprint density at radius 2 is 1.72 bits per heavy atom. The van der Waals surface area contributed by atoms with Crippen LogP contribution < -0.4 is 16.0 Å². The van der Waals surface area contributed by atoms with Gasteiger partial charge in [0, 0.05) is 6.20 Å². The molecule has 1 N–H and O–H groups in total. The van der Waals surface area contributed by atoms with Crippen molar-refractivity contribution < 1.29 is 4.74 Å². The summed E-state index contributed by atoms with van der Waals surface area (Å²) in [5.41, 5.74) is 1.10. The van der Waals surface area contributed by atoms with Gasteiger partial charge in [0.25, 0.3) is 5.56 Å². The van der Waals surface area contributed by atoms with Gasteiger partial charge in [-0.3, -0.25) is 4.79 Å². The zero-order valence-corrected chi connectivity index (χ0v) is 13.3. The van der Waals surface area contributed by atoms with Crippen LogP contribution in [0.2, 0.25) is 0 Å². The first-order chi connectivity index (χ1) is 12.2. The second-order valence-corrected chi connectivity index (χ2v) is 5.45. The third kappa shape index (κ3) is 2.51. The van der Waals surface area contributed by atoms with Gasteiger partial charge in [0.05, 0.1) is 18.5 Å². The van der Waals surface area contributed by atoms with Crippen molar-refractivity contribution in [1.82, 2.24) is 19.2 Å².